The summed E-state index contributed by atoms with van der Waals surface area (Å²) in [6.07, 6.45) is 8.88. The summed E-state index contributed by atoms with van der Waals surface area (Å²) < 4.78 is 0. The van der Waals surface area contributed by atoms with Crippen LogP contribution in [-0.2, 0) is 10.8 Å². The Morgan fingerprint density at radius 3 is 1.49 bits per heavy atom. The van der Waals surface area contributed by atoms with Crippen LogP contribution in [0.5, 0.6) is 0 Å². The van der Waals surface area contributed by atoms with Gasteiger partial charge in [0.2, 0.25) is 0 Å². The molecule has 0 N–H and O–H groups in total. The Morgan fingerprint density at radius 2 is 0.918 bits per heavy atom. The Bertz CT molecular complexity index is 2180. The van der Waals surface area contributed by atoms with Crippen molar-refractivity contribution in [2.45, 2.75) is 51.4 Å². The monoisotopic (exact) mass is 633 g/mol. The topological polar surface area (TPSA) is 3.24 Å². The molecule has 0 atom stereocenters. The average molecular weight is 634 g/mol. The molecule has 0 saturated carbocycles. The van der Waals surface area contributed by atoms with E-state index in [1.54, 1.807) is 0 Å². The molecule has 6 aromatic carbocycles. The number of fused-ring (bicyclic) bond motifs is 3. The smallest absolute Gasteiger partial charge is 0.0464 e. The van der Waals surface area contributed by atoms with Crippen molar-refractivity contribution in [3.8, 4) is 33.4 Å². The molecular formula is C48H43N. The van der Waals surface area contributed by atoms with Gasteiger partial charge in [-0.2, -0.15) is 0 Å². The van der Waals surface area contributed by atoms with E-state index in [9.17, 15) is 0 Å². The summed E-state index contributed by atoms with van der Waals surface area (Å²) in [6, 6.07) is 53.8. The van der Waals surface area contributed by atoms with E-state index < -0.39 is 0 Å². The first-order chi connectivity index (χ1) is 23.8. The maximum atomic E-state index is 2.46. The largest absolute Gasteiger partial charge is 0.310 e. The summed E-state index contributed by atoms with van der Waals surface area (Å²) in [7, 11) is 0. The van der Waals surface area contributed by atoms with E-state index in [1.807, 2.05) is 0 Å². The Kier molecular flexibility index (Phi) is 7.72. The van der Waals surface area contributed by atoms with E-state index in [1.165, 1.54) is 61.3 Å². The van der Waals surface area contributed by atoms with Gasteiger partial charge in [-0.15, -0.1) is 0 Å². The number of hydrogen-bond acceptors (Lipinski definition) is 1. The third-order valence-corrected chi connectivity index (χ3v) is 11.3. The maximum Gasteiger partial charge on any atom is 0.0464 e. The summed E-state index contributed by atoms with van der Waals surface area (Å²) >= 11 is 0. The number of rotatable bonds is 6. The van der Waals surface area contributed by atoms with Gasteiger partial charge in [0.15, 0.2) is 0 Å². The average Bonchev–Trinajstić information content (AvgIpc) is 3.16. The molecule has 0 bridgehead atoms. The maximum absolute atomic E-state index is 2.46. The molecule has 49 heavy (non-hydrogen) atoms. The van der Waals surface area contributed by atoms with Crippen LogP contribution in [0.3, 0.4) is 0 Å². The number of nitrogens with zero attached hydrogens (tertiary/aromatic N) is 1. The lowest BCUT2D eigenvalue weighted by molar-refractivity contribution is 0.299. The van der Waals surface area contributed by atoms with Gasteiger partial charge in [-0.05, 0) is 122 Å². The molecular weight excluding hydrogens is 591 g/mol. The van der Waals surface area contributed by atoms with Crippen LogP contribution in [0.15, 0.2) is 164 Å². The summed E-state index contributed by atoms with van der Waals surface area (Å²) in [4.78, 5) is 2.42. The van der Waals surface area contributed by atoms with E-state index in [0.29, 0.717) is 0 Å². The Balaban J connectivity index is 1.25. The molecule has 1 nitrogen and oxygen atoms in total. The van der Waals surface area contributed by atoms with Crippen LogP contribution in [0.25, 0.3) is 39.0 Å². The van der Waals surface area contributed by atoms with Crippen LogP contribution < -0.4 is 4.90 Å². The van der Waals surface area contributed by atoms with Crippen molar-refractivity contribution in [1.82, 2.24) is 0 Å². The number of hydrogen-bond donors (Lipinski definition) is 0. The van der Waals surface area contributed by atoms with Gasteiger partial charge in [-0.1, -0.05) is 149 Å². The van der Waals surface area contributed by atoms with E-state index in [-0.39, 0.29) is 10.8 Å². The molecule has 0 fully saturated rings. The van der Waals surface area contributed by atoms with Crippen LogP contribution in [0.1, 0.15) is 57.2 Å². The van der Waals surface area contributed by atoms with Gasteiger partial charge in [0.05, 0.1) is 0 Å². The summed E-state index contributed by atoms with van der Waals surface area (Å²) in [5.74, 6) is 0. The molecule has 0 radical (unpaired) electrons. The second-order valence-corrected chi connectivity index (χ2v) is 14.6. The lowest BCUT2D eigenvalue weighted by Gasteiger charge is -2.48. The first-order valence-electron chi connectivity index (χ1n) is 17.6. The number of benzene rings is 6. The molecule has 0 aromatic heterocycles. The third kappa shape index (κ3) is 5.44. The van der Waals surface area contributed by atoms with Crippen LogP contribution in [0, 0.1) is 0 Å². The number of anilines is 3. The van der Waals surface area contributed by atoms with Gasteiger partial charge < -0.3 is 4.90 Å². The van der Waals surface area contributed by atoms with Gasteiger partial charge in [0.1, 0.15) is 0 Å². The number of allylic oxidation sites excluding steroid dienone is 4. The highest BCUT2D eigenvalue weighted by Gasteiger charge is 2.46. The normalized spacial score (nSPS) is 15.6. The third-order valence-electron chi connectivity index (χ3n) is 11.3. The highest BCUT2D eigenvalue weighted by molar-refractivity contribution is 5.86. The molecule has 240 valence electrons. The Morgan fingerprint density at radius 1 is 0.449 bits per heavy atom. The van der Waals surface area contributed by atoms with Crippen LogP contribution >= 0.6 is 0 Å². The quantitative estimate of drug-likeness (QED) is 0.176. The minimum absolute atomic E-state index is 0.0925. The second-order valence-electron chi connectivity index (χ2n) is 14.6. The van der Waals surface area contributed by atoms with Crippen molar-refractivity contribution in [2.24, 2.45) is 0 Å². The standard InChI is InChI=1S/C48H43N/c1-47(2)45-32-39(36-18-12-7-13-19-36)24-30-43(45)44-31-29-42(33-46(44)48(47,3)4)49(40-25-20-37(21-26-40)34-14-8-5-9-15-34)41-27-22-38(23-28-41)35-16-10-6-11-17-35/h5-10,12-16,18-33H,11,17H2,1-4H3. The predicted octanol–water partition coefficient (Wildman–Crippen LogP) is 13.5. The fourth-order valence-electron chi connectivity index (χ4n) is 7.75. The summed E-state index contributed by atoms with van der Waals surface area (Å²) in [5, 5.41) is 0. The molecule has 2 aliphatic carbocycles. The zero-order chi connectivity index (χ0) is 33.6. The molecule has 6 aromatic rings. The van der Waals surface area contributed by atoms with Crippen molar-refractivity contribution in [1.29, 1.82) is 0 Å². The van der Waals surface area contributed by atoms with Gasteiger partial charge in [-0.3, -0.25) is 0 Å². The minimum atomic E-state index is -0.117. The first-order valence-corrected chi connectivity index (χ1v) is 17.6. The minimum Gasteiger partial charge on any atom is -0.310 e. The van der Waals surface area contributed by atoms with Crippen molar-refractivity contribution >= 4 is 22.6 Å². The summed E-state index contributed by atoms with van der Waals surface area (Å²) in [6.45, 7) is 9.69. The zero-order valence-corrected chi connectivity index (χ0v) is 28.9. The van der Waals surface area contributed by atoms with Crippen molar-refractivity contribution < 1.29 is 0 Å². The van der Waals surface area contributed by atoms with Gasteiger partial charge >= 0.3 is 0 Å². The van der Waals surface area contributed by atoms with Crippen LogP contribution in [0.4, 0.5) is 17.1 Å². The highest BCUT2D eigenvalue weighted by atomic mass is 15.1. The van der Waals surface area contributed by atoms with Gasteiger partial charge in [0.25, 0.3) is 0 Å². The van der Waals surface area contributed by atoms with Crippen molar-refractivity contribution in [3.05, 3.63) is 181 Å². The lowest BCUT2D eigenvalue weighted by atomic mass is 9.55. The summed E-state index contributed by atoms with van der Waals surface area (Å²) in [5.41, 5.74) is 16.4. The molecule has 0 unspecified atom stereocenters. The Hall–Kier alpha value is -5.40. The molecule has 8 rings (SSSR count). The predicted molar refractivity (Wildman–Crippen MR) is 210 cm³/mol. The molecule has 1 heteroatoms. The van der Waals surface area contributed by atoms with E-state index in [2.05, 4.69) is 196 Å². The SMILES string of the molecule is CC1(C)c2cc(-c3ccccc3)ccc2-c2ccc(N(c3ccc(C4=CC=CCC4)cc3)c3ccc(-c4ccccc4)cc3)cc2C1(C)C. The second kappa shape index (κ2) is 12.2. The Labute approximate surface area is 291 Å². The van der Waals surface area contributed by atoms with Crippen molar-refractivity contribution in [3.63, 3.8) is 0 Å². The molecule has 0 saturated heterocycles. The lowest BCUT2D eigenvalue weighted by Crippen LogP contribution is -2.43. The molecule has 0 amide bonds. The highest BCUT2D eigenvalue weighted by Crippen LogP contribution is 2.55. The van der Waals surface area contributed by atoms with Crippen LogP contribution in [0.2, 0.25) is 0 Å². The fraction of sp³-hybridized carbons (Fsp3) is 0.167. The molecule has 0 heterocycles. The van der Waals surface area contributed by atoms with Gasteiger partial charge in [-0.25, -0.2) is 0 Å². The van der Waals surface area contributed by atoms with Crippen molar-refractivity contribution in [2.75, 3.05) is 4.90 Å². The molecule has 2 aliphatic rings. The van der Waals surface area contributed by atoms with E-state index in [0.717, 1.165) is 24.2 Å². The van der Waals surface area contributed by atoms with E-state index in [4.69, 9.17) is 0 Å². The first kappa shape index (κ1) is 30.9. The van der Waals surface area contributed by atoms with E-state index >= 15 is 0 Å². The molecule has 0 spiro atoms. The van der Waals surface area contributed by atoms with Gasteiger partial charge in [0, 0.05) is 17.1 Å². The molecule has 0 aliphatic heterocycles. The fourth-order valence-corrected chi connectivity index (χ4v) is 7.75. The zero-order valence-electron chi connectivity index (χ0n) is 28.9. The van der Waals surface area contributed by atoms with Crippen LogP contribution in [-0.4, -0.2) is 0 Å².